The zero-order valence-corrected chi connectivity index (χ0v) is 10.3. The molecule has 0 aromatic carbocycles. The number of methoxy groups -OCH3 is 1. The first-order valence-electron chi connectivity index (χ1n) is 5.53. The van der Waals surface area contributed by atoms with Crippen molar-refractivity contribution >= 4 is 0 Å². The Morgan fingerprint density at radius 1 is 1.29 bits per heavy atom. The van der Waals surface area contributed by atoms with Crippen LogP contribution in [0.5, 0.6) is 0 Å². The van der Waals surface area contributed by atoms with E-state index in [1.165, 1.54) is 12.8 Å². The maximum absolute atomic E-state index is 5.56. The Hall–Kier alpha value is -0.120. The van der Waals surface area contributed by atoms with Gasteiger partial charge >= 0.3 is 0 Å². The topological polar surface area (TPSA) is 47.3 Å². The minimum absolute atomic E-state index is 0.197. The van der Waals surface area contributed by atoms with E-state index in [-0.39, 0.29) is 11.6 Å². The number of hydrazine groups is 1. The summed E-state index contributed by atoms with van der Waals surface area (Å²) < 4.78 is 5.44. The lowest BCUT2D eigenvalue weighted by atomic mass is 9.87. The average molecular weight is 202 g/mol. The Kier molecular flexibility index (Phi) is 6.33. The molecular weight excluding hydrogens is 176 g/mol. The van der Waals surface area contributed by atoms with Crippen molar-refractivity contribution in [1.82, 2.24) is 5.43 Å². The Morgan fingerprint density at radius 3 is 2.07 bits per heavy atom. The molecule has 1 atom stereocenters. The molecule has 0 aromatic heterocycles. The van der Waals surface area contributed by atoms with Crippen molar-refractivity contribution in [3.05, 3.63) is 0 Å². The van der Waals surface area contributed by atoms with Crippen LogP contribution < -0.4 is 11.3 Å². The minimum atomic E-state index is -0.197. The fourth-order valence-corrected chi connectivity index (χ4v) is 1.65. The molecule has 3 nitrogen and oxygen atoms in total. The molecule has 0 heterocycles. The number of nitrogens with one attached hydrogen (secondary N) is 1. The Balaban J connectivity index is 4.27. The number of hydrogen-bond acceptors (Lipinski definition) is 3. The first-order valence-corrected chi connectivity index (χ1v) is 5.53. The molecule has 0 amide bonds. The second kappa shape index (κ2) is 6.38. The summed E-state index contributed by atoms with van der Waals surface area (Å²) in [4.78, 5) is 0. The fourth-order valence-electron chi connectivity index (χ4n) is 1.65. The highest BCUT2D eigenvalue weighted by Gasteiger charge is 2.29. The van der Waals surface area contributed by atoms with E-state index in [4.69, 9.17) is 10.6 Å². The number of rotatable bonds is 7. The van der Waals surface area contributed by atoms with Crippen molar-refractivity contribution < 1.29 is 4.74 Å². The van der Waals surface area contributed by atoms with Gasteiger partial charge in [0, 0.05) is 13.2 Å². The van der Waals surface area contributed by atoms with Crippen molar-refractivity contribution in [3.8, 4) is 0 Å². The summed E-state index contributed by atoms with van der Waals surface area (Å²) in [6, 6.07) is 0.220. The first-order chi connectivity index (χ1) is 6.51. The Bertz CT molecular complexity index is 144. The molecule has 14 heavy (non-hydrogen) atoms. The van der Waals surface area contributed by atoms with E-state index in [1.807, 2.05) is 0 Å². The summed E-state index contributed by atoms with van der Waals surface area (Å²) in [5, 5.41) is 0. The van der Waals surface area contributed by atoms with Gasteiger partial charge in [0.2, 0.25) is 0 Å². The Labute approximate surface area is 88.4 Å². The van der Waals surface area contributed by atoms with Crippen molar-refractivity contribution in [2.45, 2.75) is 58.6 Å². The third-order valence-electron chi connectivity index (χ3n) is 3.29. The van der Waals surface area contributed by atoms with Crippen LogP contribution in [0.15, 0.2) is 0 Å². The van der Waals surface area contributed by atoms with Crippen molar-refractivity contribution in [3.63, 3.8) is 0 Å². The lowest BCUT2D eigenvalue weighted by Crippen LogP contribution is -2.51. The highest BCUT2D eigenvalue weighted by Crippen LogP contribution is 2.23. The van der Waals surface area contributed by atoms with E-state index in [0.717, 1.165) is 12.3 Å². The third-order valence-corrected chi connectivity index (χ3v) is 3.29. The molecular formula is C11H26N2O. The Morgan fingerprint density at radius 2 is 1.79 bits per heavy atom. The molecule has 0 bridgehead atoms. The summed E-state index contributed by atoms with van der Waals surface area (Å²) in [6.45, 7) is 8.59. The van der Waals surface area contributed by atoms with Gasteiger partial charge < -0.3 is 4.74 Å². The molecule has 1 unspecified atom stereocenters. The van der Waals surface area contributed by atoms with E-state index < -0.39 is 0 Å². The summed E-state index contributed by atoms with van der Waals surface area (Å²) in [5.74, 6) is 6.29. The van der Waals surface area contributed by atoms with E-state index in [1.54, 1.807) is 7.11 Å². The molecule has 0 aliphatic carbocycles. The summed E-state index contributed by atoms with van der Waals surface area (Å²) >= 11 is 0. The van der Waals surface area contributed by atoms with Crippen LogP contribution in [0.25, 0.3) is 0 Å². The SMILES string of the molecule is CCC(CC)CC(NN)C(C)(C)OC. The van der Waals surface area contributed by atoms with Crippen LogP contribution in [0.2, 0.25) is 0 Å². The molecule has 0 aliphatic rings. The maximum atomic E-state index is 5.56. The third kappa shape index (κ3) is 3.95. The van der Waals surface area contributed by atoms with Crippen molar-refractivity contribution in [2.75, 3.05) is 7.11 Å². The molecule has 86 valence electrons. The molecule has 0 aromatic rings. The van der Waals surface area contributed by atoms with Crippen LogP contribution in [-0.2, 0) is 4.74 Å². The zero-order chi connectivity index (χ0) is 11.2. The van der Waals surface area contributed by atoms with E-state index in [2.05, 4.69) is 33.1 Å². The van der Waals surface area contributed by atoms with Gasteiger partial charge in [0.05, 0.1) is 5.60 Å². The normalized spacial score (nSPS) is 14.8. The van der Waals surface area contributed by atoms with Crippen molar-refractivity contribution in [1.29, 1.82) is 0 Å². The maximum Gasteiger partial charge on any atom is 0.0788 e. The summed E-state index contributed by atoms with van der Waals surface area (Å²) in [6.07, 6.45) is 3.48. The van der Waals surface area contributed by atoms with Gasteiger partial charge in [-0.15, -0.1) is 0 Å². The highest BCUT2D eigenvalue weighted by molar-refractivity contribution is 4.85. The van der Waals surface area contributed by atoms with Crippen molar-refractivity contribution in [2.24, 2.45) is 11.8 Å². The molecule has 0 spiro atoms. The minimum Gasteiger partial charge on any atom is -0.377 e. The van der Waals surface area contributed by atoms with Crippen LogP contribution in [0.3, 0.4) is 0 Å². The number of hydrogen-bond donors (Lipinski definition) is 2. The largest absolute Gasteiger partial charge is 0.377 e. The lowest BCUT2D eigenvalue weighted by molar-refractivity contribution is -0.0172. The second-order valence-corrected chi connectivity index (χ2v) is 4.45. The van der Waals surface area contributed by atoms with Gasteiger partial charge in [-0.1, -0.05) is 26.7 Å². The van der Waals surface area contributed by atoms with Gasteiger partial charge in [-0.05, 0) is 26.2 Å². The zero-order valence-electron chi connectivity index (χ0n) is 10.3. The molecule has 3 N–H and O–H groups in total. The number of ether oxygens (including phenoxy) is 1. The van der Waals surface area contributed by atoms with E-state index in [0.29, 0.717) is 0 Å². The van der Waals surface area contributed by atoms with Gasteiger partial charge in [-0.2, -0.15) is 0 Å². The second-order valence-electron chi connectivity index (χ2n) is 4.45. The average Bonchev–Trinajstić information content (AvgIpc) is 2.19. The number of nitrogens with two attached hydrogens (primary N) is 1. The standard InChI is InChI=1S/C11H26N2O/c1-6-9(7-2)8-10(13-12)11(3,4)14-5/h9-10,13H,6-8,12H2,1-5H3. The van der Waals surface area contributed by atoms with Gasteiger partial charge in [-0.3, -0.25) is 11.3 Å². The molecule has 0 rings (SSSR count). The molecule has 0 aliphatic heterocycles. The van der Waals surface area contributed by atoms with Crippen LogP contribution in [0.4, 0.5) is 0 Å². The van der Waals surface area contributed by atoms with Crippen LogP contribution >= 0.6 is 0 Å². The molecule has 0 saturated carbocycles. The monoisotopic (exact) mass is 202 g/mol. The van der Waals surface area contributed by atoms with Crippen LogP contribution in [0, 0.1) is 5.92 Å². The predicted octanol–water partition coefficient (Wildman–Crippen LogP) is 2.07. The highest BCUT2D eigenvalue weighted by atomic mass is 16.5. The van der Waals surface area contributed by atoms with E-state index in [9.17, 15) is 0 Å². The molecule has 3 heteroatoms. The van der Waals surface area contributed by atoms with E-state index >= 15 is 0 Å². The van der Waals surface area contributed by atoms with Crippen LogP contribution in [0.1, 0.15) is 47.0 Å². The summed E-state index contributed by atoms with van der Waals surface area (Å²) in [7, 11) is 1.73. The quantitative estimate of drug-likeness (QED) is 0.491. The molecule has 0 fully saturated rings. The molecule has 0 saturated heterocycles. The van der Waals surface area contributed by atoms with Gasteiger partial charge in [0.1, 0.15) is 0 Å². The smallest absolute Gasteiger partial charge is 0.0788 e. The van der Waals surface area contributed by atoms with Gasteiger partial charge in [0.15, 0.2) is 0 Å². The summed E-state index contributed by atoms with van der Waals surface area (Å²) in [5.41, 5.74) is 2.67. The van der Waals surface area contributed by atoms with Gasteiger partial charge in [-0.25, -0.2) is 0 Å². The van der Waals surface area contributed by atoms with Crippen LogP contribution in [-0.4, -0.2) is 18.8 Å². The predicted molar refractivity (Wildman–Crippen MR) is 60.9 cm³/mol. The first kappa shape index (κ1) is 13.9. The lowest BCUT2D eigenvalue weighted by Gasteiger charge is -2.34. The molecule has 0 radical (unpaired) electrons. The fraction of sp³-hybridized carbons (Fsp3) is 1.00. The van der Waals surface area contributed by atoms with Gasteiger partial charge in [0.25, 0.3) is 0 Å².